The van der Waals surface area contributed by atoms with Crippen LogP contribution in [0.25, 0.3) is 6.08 Å². The molecular formula is C26H22ClFN2O4S. The van der Waals surface area contributed by atoms with Crippen molar-refractivity contribution in [2.45, 2.75) is 13.5 Å². The topological polar surface area (TPSA) is 69.2 Å². The minimum absolute atomic E-state index is 0.260. The van der Waals surface area contributed by atoms with E-state index in [0.717, 1.165) is 11.1 Å². The van der Waals surface area contributed by atoms with Crippen LogP contribution < -0.4 is 19.5 Å². The molecule has 180 valence electrons. The Kier molecular flexibility index (Phi) is 7.94. The lowest BCUT2D eigenvalue weighted by molar-refractivity contribution is -0.115. The summed E-state index contributed by atoms with van der Waals surface area (Å²) in [6.07, 6.45) is 1.75. The zero-order chi connectivity index (χ0) is 24.8. The van der Waals surface area contributed by atoms with Crippen molar-refractivity contribution in [2.75, 3.05) is 13.7 Å². The van der Waals surface area contributed by atoms with E-state index >= 15 is 0 Å². The van der Waals surface area contributed by atoms with Crippen molar-refractivity contribution in [2.24, 2.45) is 4.99 Å². The van der Waals surface area contributed by atoms with Gasteiger partial charge in [-0.15, -0.1) is 0 Å². The van der Waals surface area contributed by atoms with E-state index in [9.17, 15) is 9.18 Å². The van der Waals surface area contributed by atoms with Crippen molar-refractivity contribution < 1.29 is 23.4 Å². The molecule has 0 aliphatic carbocycles. The third kappa shape index (κ3) is 6.35. The van der Waals surface area contributed by atoms with Gasteiger partial charge >= 0.3 is 0 Å². The van der Waals surface area contributed by atoms with Gasteiger partial charge in [-0.3, -0.25) is 4.79 Å². The Bertz CT molecular complexity index is 1300. The number of thioether (sulfide) groups is 1. The van der Waals surface area contributed by atoms with Gasteiger partial charge in [0.15, 0.2) is 16.7 Å². The normalized spacial score (nSPS) is 15.4. The highest BCUT2D eigenvalue weighted by Gasteiger charge is 2.24. The summed E-state index contributed by atoms with van der Waals surface area (Å²) >= 11 is 7.29. The molecule has 1 heterocycles. The van der Waals surface area contributed by atoms with Gasteiger partial charge in [-0.05, 0) is 78.4 Å². The fourth-order valence-corrected chi connectivity index (χ4v) is 4.24. The van der Waals surface area contributed by atoms with Crippen molar-refractivity contribution in [3.63, 3.8) is 0 Å². The average molecular weight is 513 g/mol. The first-order valence-corrected chi connectivity index (χ1v) is 11.9. The molecule has 1 fully saturated rings. The molecule has 1 aliphatic heterocycles. The maximum absolute atomic E-state index is 13.1. The summed E-state index contributed by atoms with van der Waals surface area (Å²) in [4.78, 5) is 17.5. The number of hydrogen-bond donors (Lipinski definition) is 1. The maximum Gasteiger partial charge on any atom is 0.264 e. The molecule has 1 aliphatic rings. The minimum Gasteiger partial charge on any atom is -0.494 e. The Balaban J connectivity index is 1.52. The molecule has 3 aromatic carbocycles. The van der Waals surface area contributed by atoms with Crippen LogP contribution >= 0.6 is 23.4 Å². The van der Waals surface area contributed by atoms with Crippen LogP contribution in [0.2, 0.25) is 5.02 Å². The van der Waals surface area contributed by atoms with Gasteiger partial charge in [-0.2, -0.15) is 0 Å². The predicted molar refractivity (Wildman–Crippen MR) is 137 cm³/mol. The molecule has 4 rings (SSSR count). The first-order chi connectivity index (χ1) is 16.9. The number of amidine groups is 1. The number of methoxy groups -OCH3 is 1. The van der Waals surface area contributed by atoms with Crippen LogP contribution in [0.5, 0.6) is 17.2 Å². The van der Waals surface area contributed by atoms with Gasteiger partial charge in [0, 0.05) is 5.02 Å². The van der Waals surface area contributed by atoms with Gasteiger partial charge in [0.1, 0.15) is 23.9 Å². The van der Waals surface area contributed by atoms with Gasteiger partial charge in [-0.1, -0.05) is 29.8 Å². The van der Waals surface area contributed by atoms with Crippen molar-refractivity contribution >= 4 is 46.2 Å². The molecule has 0 unspecified atom stereocenters. The van der Waals surface area contributed by atoms with Crippen LogP contribution in [-0.4, -0.2) is 24.8 Å². The Hall–Kier alpha value is -3.49. The summed E-state index contributed by atoms with van der Waals surface area (Å²) in [6, 6.07) is 16.6. The third-order valence-electron chi connectivity index (χ3n) is 4.89. The van der Waals surface area contributed by atoms with Crippen LogP contribution in [0.15, 0.2) is 70.6 Å². The van der Waals surface area contributed by atoms with Crippen LogP contribution in [0.4, 0.5) is 10.1 Å². The molecule has 1 saturated heterocycles. The zero-order valence-corrected chi connectivity index (χ0v) is 20.6. The molecule has 35 heavy (non-hydrogen) atoms. The highest BCUT2D eigenvalue weighted by molar-refractivity contribution is 8.18. The first kappa shape index (κ1) is 24.6. The van der Waals surface area contributed by atoms with Gasteiger partial charge in [-0.25, -0.2) is 9.38 Å². The highest BCUT2D eigenvalue weighted by Crippen LogP contribution is 2.35. The number of nitrogens with zero attached hydrogens (tertiary/aromatic N) is 1. The fraction of sp³-hybridized carbons (Fsp3) is 0.154. The molecule has 6 nitrogen and oxygen atoms in total. The quantitative estimate of drug-likeness (QED) is 0.356. The Morgan fingerprint density at radius 2 is 1.80 bits per heavy atom. The molecular weight excluding hydrogens is 491 g/mol. The van der Waals surface area contributed by atoms with Gasteiger partial charge in [0.05, 0.1) is 18.6 Å². The zero-order valence-electron chi connectivity index (χ0n) is 19.0. The molecule has 9 heteroatoms. The second-order valence-electron chi connectivity index (χ2n) is 7.35. The number of aliphatic imine (C=N–C) groups is 1. The molecule has 3 aromatic rings. The van der Waals surface area contributed by atoms with Gasteiger partial charge in [0.2, 0.25) is 0 Å². The average Bonchev–Trinajstić information content (AvgIpc) is 3.18. The van der Waals surface area contributed by atoms with Crippen LogP contribution in [0, 0.1) is 5.82 Å². The molecule has 1 N–H and O–H groups in total. The van der Waals surface area contributed by atoms with Crippen molar-refractivity contribution in [3.05, 3.63) is 87.5 Å². The standard InChI is InChI=1S/C26H22ClFN2O4S/c1-3-33-23-12-17(6-10-22(23)34-15-16-4-8-19(28)9-5-16)13-24-25(31)30-26(35-24)29-20-14-18(27)7-11-21(20)32-2/h4-14H,3,15H2,1-2H3,(H,29,30,31)/b24-13-. The maximum atomic E-state index is 13.1. The summed E-state index contributed by atoms with van der Waals surface area (Å²) < 4.78 is 30.1. The molecule has 0 radical (unpaired) electrons. The van der Waals surface area contributed by atoms with Crippen LogP contribution in [-0.2, 0) is 11.4 Å². The lowest BCUT2D eigenvalue weighted by atomic mass is 10.2. The Morgan fingerprint density at radius 3 is 2.54 bits per heavy atom. The number of amides is 1. The van der Waals surface area contributed by atoms with Crippen LogP contribution in [0.1, 0.15) is 18.1 Å². The number of carbonyl (C=O) groups excluding carboxylic acids is 1. The lowest BCUT2D eigenvalue weighted by Crippen LogP contribution is -2.19. The van der Waals surface area contributed by atoms with E-state index in [0.29, 0.717) is 44.6 Å². The number of nitrogens with one attached hydrogen (secondary N) is 1. The van der Waals surface area contributed by atoms with Crippen molar-refractivity contribution in [3.8, 4) is 17.2 Å². The minimum atomic E-state index is -0.296. The van der Waals surface area contributed by atoms with Crippen molar-refractivity contribution in [1.29, 1.82) is 0 Å². The van der Waals surface area contributed by atoms with Gasteiger partial charge < -0.3 is 19.5 Å². The fourth-order valence-electron chi connectivity index (χ4n) is 3.24. The largest absolute Gasteiger partial charge is 0.494 e. The number of carbonyl (C=O) groups is 1. The van der Waals surface area contributed by atoms with E-state index in [1.165, 1.54) is 23.9 Å². The van der Waals surface area contributed by atoms with Gasteiger partial charge in [0.25, 0.3) is 5.91 Å². The van der Waals surface area contributed by atoms with E-state index < -0.39 is 0 Å². The number of rotatable bonds is 8. The predicted octanol–water partition coefficient (Wildman–Crippen LogP) is 6.36. The Labute approximate surface area is 211 Å². The summed E-state index contributed by atoms with van der Waals surface area (Å²) in [6.45, 7) is 2.59. The second kappa shape index (κ2) is 11.3. The van der Waals surface area contributed by atoms with E-state index in [-0.39, 0.29) is 18.3 Å². The number of ether oxygens (including phenoxy) is 3. The summed E-state index contributed by atoms with van der Waals surface area (Å²) in [7, 11) is 1.54. The van der Waals surface area contributed by atoms with E-state index in [1.54, 1.807) is 55.7 Å². The molecule has 1 amide bonds. The molecule has 0 saturated carbocycles. The summed E-state index contributed by atoms with van der Waals surface area (Å²) in [5.74, 6) is 1.09. The van der Waals surface area contributed by atoms with E-state index in [4.69, 9.17) is 25.8 Å². The summed E-state index contributed by atoms with van der Waals surface area (Å²) in [5.41, 5.74) is 2.12. The lowest BCUT2D eigenvalue weighted by Gasteiger charge is -2.13. The molecule has 0 atom stereocenters. The second-order valence-corrected chi connectivity index (χ2v) is 8.82. The molecule has 0 aromatic heterocycles. The number of benzene rings is 3. The number of halogens is 2. The number of hydrogen-bond acceptors (Lipinski definition) is 6. The molecule has 0 spiro atoms. The first-order valence-electron chi connectivity index (χ1n) is 10.7. The third-order valence-corrected chi connectivity index (χ3v) is 6.03. The SMILES string of the molecule is CCOc1cc(/C=C2\SC(=Nc3cc(Cl)ccc3OC)NC2=O)ccc1OCc1ccc(F)cc1. The monoisotopic (exact) mass is 512 g/mol. The Morgan fingerprint density at radius 1 is 1.03 bits per heavy atom. The van der Waals surface area contributed by atoms with E-state index in [1.807, 2.05) is 13.0 Å². The molecule has 0 bridgehead atoms. The van der Waals surface area contributed by atoms with Crippen molar-refractivity contribution in [1.82, 2.24) is 5.32 Å². The van der Waals surface area contributed by atoms with E-state index in [2.05, 4.69) is 10.3 Å². The smallest absolute Gasteiger partial charge is 0.264 e. The van der Waals surface area contributed by atoms with Crippen LogP contribution in [0.3, 0.4) is 0 Å². The highest BCUT2D eigenvalue weighted by atomic mass is 35.5. The summed E-state index contributed by atoms with van der Waals surface area (Å²) in [5, 5.41) is 3.70.